The SMILES string of the molecule is C[C@]1(CS(=O)(=O)N2CCN(c3ccc(-c4ccc(Cl)cc4)cn3)CC2)NC(=O)NC1=O. The van der Waals surface area contributed by atoms with Crippen LogP contribution < -0.4 is 15.5 Å². The van der Waals surface area contributed by atoms with Gasteiger partial charge in [0.15, 0.2) is 0 Å². The molecule has 9 nitrogen and oxygen atoms in total. The summed E-state index contributed by atoms with van der Waals surface area (Å²) in [6, 6.07) is 10.7. The Hall–Kier alpha value is -2.69. The maximum absolute atomic E-state index is 12.8. The number of aromatic nitrogens is 1. The number of piperazine rings is 1. The maximum atomic E-state index is 12.8. The number of urea groups is 1. The molecule has 11 heteroatoms. The van der Waals surface area contributed by atoms with E-state index in [9.17, 15) is 18.0 Å². The number of benzene rings is 1. The predicted molar refractivity (Wildman–Crippen MR) is 117 cm³/mol. The summed E-state index contributed by atoms with van der Waals surface area (Å²) < 4.78 is 27.0. The van der Waals surface area contributed by atoms with E-state index in [1.165, 1.54) is 11.2 Å². The molecule has 164 valence electrons. The Labute approximate surface area is 185 Å². The van der Waals surface area contributed by atoms with Crippen molar-refractivity contribution in [3.8, 4) is 11.1 Å². The van der Waals surface area contributed by atoms with Crippen molar-refractivity contribution in [1.29, 1.82) is 0 Å². The third-order valence-electron chi connectivity index (χ3n) is 5.47. The third-order valence-corrected chi connectivity index (χ3v) is 7.82. The average Bonchev–Trinajstić information content (AvgIpc) is 2.99. The zero-order valence-corrected chi connectivity index (χ0v) is 18.4. The molecule has 1 atom stereocenters. The zero-order chi connectivity index (χ0) is 22.2. The van der Waals surface area contributed by atoms with Crippen LogP contribution in [-0.4, -0.2) is 67.1 Å². The standard InChI is InChI=1S/C20H22ClN5O4S/c1-20(18(27)23-19(28)24-20)13-31(29,30)26-10-8-25(9-11-26)17-7-4-15(12-22-17)14-2-5-16(21)6-3-14/h2-7,12H,8-11,13H2,1H3,(H2,23,24,27,28)/t20-/m1/s1. The summed E-state index contributed by atoms with van der Waals surface area (Å²) in [5.41, 5.74) is 0.509. The Balaban J connectivity index is 1.38. The maximum Gasteiger partial charge on any atom is 0.322 e. The van der Waals surface area contributed by atoms with Gasteiger partial charge in [0.2, 0.25) is 10.0 Å². The van der Waals surface area contributed by atoms with Gasteiger partial charge in [-0.3, -0.25) is 10.1 Å². The fourth-order valence-electron chi connectivity index (χ4n) is 3.72. The van der Waals surface area contributed by atoms with Crippen LogP contribution in [0.25, 0.3) is 11.1 Å². The Kier molecular flexibility index (Phi) is 5.63. The largest absolute Gasteiger partial charge is 0.354 e. The van der Waals surface area contributed by atoms with Crippen molar-refractivity contribution in [2.24, 2.45) is 0 Å². The number of carbonyl (C=O) groups excluding carboxylic acids is 2. The summed E-state index contributed by atoms with van der Waals surface area (Å²) >= 11 is 5.93. The number of pyridine rings is 1. The van der Waals surface area contributed by atoms with Crippen LogP contribution in [-0.2, 0) is 14.8 Å². The van der Waals surface area contributed by atoms with Gasteiger partial charge in [-0.2, -0.15) is 4.31 Å². The molecule has 2 aliphatic heterocycles. The molecular formula is C20H22ClN5O4S. The molecule has 2 aliphatic rings. The molecule has 2 fully saturated rings. The van der Waals surface area contributed by atoms with E-state index in [0.29, 0.717) is 18.1 Å². The Morgan fingerprint density at radius 2 is 1.68 bits per heavy atom. The van der Waals surface area contributed by atoms with Gasteiger partial charge in [-0.1, -0.05) is 23.7 Å². The van der Waals surface area contributed by atoms with Gasteiger partial charge in [0.1, 0.15) is 11.4 Å². The number of carbonyl (C=O) groups is 2. The van der Waals surface area contributed by atoms with E-state index in [-0.39, 0.29) is 13.1 Å². The summed E-state index contributed by atoms with van der Waals surface area (Å²) in [6.07, 6.45) is 1.78. The average molecular weight is 464 g/mol. The van der Waals surface area contributed by atoms with Gasteiger partial charge in [0.05, 0.1) is 5.75 Å². The highest BCUT2D eigenvalue weighted by atomic mass is 35.5. The van der Waals surface area contributed by atoms with Crippen LogP contribution in [0, 0.1) is 0 Å². The summed E-state index contributed by atoms with van der Waals surface area (Å²) in [6.45, 7) is 2.90. The highest BCUT2D eigenvalue weighted by molar-refractivity contribution is 7.89. The molecule has 0 aliphatic carbocycles. The lowest BCUT2D eigenvalue weighted by molar-refractivity contribution is -0.122. The Morgan fingerprint density at radius 3 is 2.23 bits per heavy atom. The smallest absolute Gasteiger partial charge is 0.322 e. The molecule has 31 heavy (non-hydrogen) atoms. The summed E-state index contributed by atoms with van der Waals surface area (Å²) in [5.74, 6) is -0.347. The van der Waals surface area contributed by atoms with Gasteiger partial charge in [-0.05, 0) is 36.8 Å². The minimum atomic E-state index is -3.73. The second kappa shape index (κ2) is 8.10. The van der Waals surface area contributed by atoms with Crippen LogP contribution in [0.15, 0.2) is 42.6 Å². The van der Waals surface area contributed by atoms with E-state index in [2.05, 4.69) is 15.6 Å². The number of halogens is 1. The third kappa shape index (κ3) is 4.51. The second-order valence-corrected chi connectivity index (χ2v) is 10.2. The van der Waals surface area contributed by atoms with Gasteiger partial charge in [-0.15, -0.1) is 0 Å². The van der Waals surface area contributed by atoms with Crippen LogP contribution >= 0.6 is 11.6 Å². The molecule has 0 saturated carbocycles. The fourth-order valence-corrected chi connectivity index (χ4v) is 5.68. The van der Waals surface area contributed by atoms with Gasteiger partial charge >= 0.3 is 6.03 Å². The van der Waals surface area contributed by atoms with Gasteiger partial charge in [0, 0.05) is 43.0 Å². The normalized spacial score (nSPS) is 22.3. The zero-order valence-electron chi connectivity index (χ0n) is 16.8. The molecule has 3 heterocycles. The molecule has 2 N–H and O–H groups in total. The monoisotopic (exact) mass is 463 g/mol. The van der Waals surface area contributed by atoms with Crippen molar-refractivity contribution >= 4 is 39.4 Å². The molecule has 0 bridgehead atoms. The number of amides is 3. The van der Waals surface area contributed by atoms with Crippen molar-refractivity contribution in [2.75, 3.05) is 36.8 Å². The van der Waals surface area contributed by atoms with Gasteiger partial charge in [-0.25, -0.2) is 18.2 Å². The molecule has 0 spiro atoms. The van der Waals surface area contributed by atoms with E-state index >= 15 is 0 Å². The first-order valence-electron chi connectivity index (χ1n) is 9.75. The van der Waals surface area contributed by atoms with Crippen molar-refractivity contribution in [3.05, 3.63) is 47.6 Å². The van der Waals surface area contributed by atoms with Crippen LogP contribution in [0.4, 0.5) is 10.6 Å². The highest BCUT2D eigenvalue weighted by Gasteiger charge is 2.46. The number of anilines is 1. The number of nitrogens with one attached hydrogen (secondary N) is 2. The molecule has 2 saturated heterocycles. The van der Waals surface area contributed by atoms with E-state index in [0.717, 1.165) is 16.9 Å². The van der Waals surface area contributed by atoms with Crippen molar-refractivity contribution in [2.45, 2.75) is 12.5 Å². The van der Waals surface area contributed by atoms with E-state index in [1.807, 2.05) is 41.3 Å². The predicted octanol–water partition coefficient (Wildman–Crippen LogP) is 1.45. The highest BCUT2D eigenvalue weighted by Crippen LogP contribution is 2.24. The van der Waals surface area contributed by atoms with Gasteiger partial charge < -0.3 is 10.2 Å². The molecule has 1 aromatic heterocycles. The van der Waals surface area contributed by atoms with Gasteiger partial charge in [0.25, 0.3) is 5.91 Å². The fraction of sp³-hybridized carbons (Fsp3) is 0.350. The Bertz CT molecular complexity index is 1100. The van der Waals surface area contributed by atoms with Crippen molar-refractivity contribution < 1.29 is 18.0 Å². The van der Waals surface area contributed by atoms with Crippen LogP contribution in [0.1, 0.15) is 6.92 Å². The quantitative estimate of drug-likeness (QED) is 0.649. The van der Waals surface area contributed by atoms with E-state index in [1.54, 1.807) is 6.20 Å². The minimum Gasteiger partial charge on any atom is -0.354 e. The lowest BCUT2D eigenvalue weighted by Gasteiger charge is -2.35. The number of rotatable bonds is 5. The van der Waals surface area contributed by atoms with Crippen molar-refractivity contribution in [3.63, 3.8) is 0 Å². The van der Waals surface area contributed by atoms with E-state index < -0.39 is 33.3 Å². The number of sulfonamides is 1. The molecule has 0 radical (unpaired) electrons. The second-order valence-electron chi connectivity index (χ2n) is 7.79. The molecule has 3 amide bonds. The summed E-state index contributed by atoms with van der Waals surface area (Å²) in [7, 11) is -3.73. The molecule has 4 rings (SSSR count). The summed E-state index contributed by atoms with van der Waals surface area (Å²) in [5, 5.41) is 5.16. The first-order valence-corrected chi connectivity index (χ1v) is 11.7. The topological polar surface area (TPSA) is 112 Å². The van der Waals surface area contributed by atoms with Crippen LogP contribution in [0.2, 0.25) is 5.02 Å². The van der Waals surface area contributed by atoms with Crippen molar-refractivity contribution in [1.82, 2.24) is 19.9 Å². The molecule has 0 unspecified atom stereocenters. The first kappa shape index (κ1) is 21.5. The molecular weight excluding hydrogens is 442 g/mol. The minimum absolute atomic E-state index is 0.272. The van der Waals surface area contributed by atoms with Crippen LogP contribution in [0.3, 0.4) is 0 Å². The first-order chi connectivity index (χ1) is 14.7. The number of nitrogens with zero attached hydrogens (tertiary/aromatic N) is 3. The lowest BCUT2D eigenvalue weighted by Crippen LogP contribution is -2.55. The number of hydrogen-bond donors (Lipinski definition) is 2. The Morgan fingerprint density at radius 1 is 1.03 bits per heavy atom. The number of hydrogen-bond acceptors (Lipinski definition) is 6. The van der Waals surface area contributed by atoms with Crippen LogP contribution in [0.5, 0.6) is 0 Å². The summed E-state index contributed by atoms with van der Waals surface area (Å²) in [4.78, 5) is 29.9. The molecule has 2 aromatic rings. The van der Waals surface area contributed by atoms with E-state index in [4.69, 9.17) is 11.6 Å². The number of imide groups is 1. The lowest BCUT2D eigenvalue weighted by atomic mass is 10.1. The molecule has 1 aromatic carbocycles.